The summed E-state index contributed by atoms with van der Waals surface area (Å²) in [4.78, 5) is 136. The maximum Gasteiger partial charge on any atom is 0.305 e. The highest BCUT2D eigenvalue weighted by molar-refractivity contribution is 5.98. The molecule has 8 atom stereocenters. The van der Waals surface area contributed by atoms with Gasteiger partial charge in [0.2, 0.25) is 53.2 Å². The molecule has 0 aromatic heterocycles. The van der Waals surface area contributed by atoms with Gasteiger partial charge in [0.25, 0.3) is 0 Å². The molecule has 0 saturated heterocycles. The Morgan fingerprint density at radius 3 is 1.58 bits per heavy atom. The van der Waals surface area contributed by atoms with E-state index in [1.54, 1.807) is 58.0 Å². The number of hydrogen-bond donors (Lipinski definition) is 13. The molecule has 0 fully saturated rings. The van der Waals surface area contributed by atoms with Gasteiger partial charge in [-0.25, -0.2) is 0 Å². The number of carboxylic acid groups (broad SMARTS) is 1. The molecule has 0 unspecified atom stereocenters. The van der Waals surface area contributed by atoms with Gasteiger partial charge in [-0.1, -0.05) is 78.3 Å². The summed E-state index contributed by atoms with van der Waals surface area (Å²) in [5.74, 6) is -9.37. The van der Waals surface area contributed by atoms with Crippen molar-refractivity contribution in [2.75, 3.05) is 19.6 Å². The molecule has 0 aliphatic carbocycles. The van der Waals surface area contributed by atoms with Crippen LogP contribution in [0.25, 0.3) is 0 Å². The van der Waals surface area contributed by atoms with Gasteiger partial charge in [-0.3, -0.25) is 52.9 Å². The maximum atomic E-state index is 14.4. The van der Waals surface area contributed by atoms with Crippen molar-refractivity contribution >= 4 is 65.1 Å². The second kappa shape index (κ2) is 32.9. The third kappa shape index (κ3) is 25.5. The number of hydrogen-bond acceptors (Lipinski definition) is 12. The first-order valence-electron chi connectivity index (χ1n) is 24.0. The van der Waals surface area contributed by atoms with Crippen molar-refractivity contribution < 1.29 is 53.1 Å². The summed E-state index contributed by atoms with van der Waals surface area (Å²) in [5.41, 5.74) is 22.3. The van der Waals surface area contributed by atoms with Crippen molar-refractivity contribution in [3.05, 3.63) is 35.9 Å². The molecule has 0 saturated carbocycles. The first-order chi connectivity index (χ1) is 33.4. The summed E-state index contributed by atoms with van der Waals surface area (Å²) in [6.45, 7) is 11.8. The van der Waals surface area contributed by atoms with Crippen LogP contribution in [-0.4, -0.2) is 132 Å². The van der Waals surface area contributed by atoms with E-state index in [1.807, 2.05) is 13.8 Å². The van der Waals surface area contributed by atoms with Gasteiger partial charge in [0.1, 0.15) is 42.3 Å². The number of nitrogens with two attached hydrogens (primary N) is 4. The smallest absolute Gasteiger partial charge is 0.305 e. The van der Waals surface area contributed by atoms with Crippen molar-refractivity contribution in [3.63, 3.8) is 0 Å². The minimum Gasteiger partial charge on any atom is -0.481 e. The van der Waals surface area contributed by atoms with E-state index in [0.29, 0.717) is 37.8 Å². The van der Waals surface area contributed by atoms with Crippen LogP contribution in [0.15, 0.2) is 35.3 Å². The molecular formula is C47H79N13O11. The van der Waals surface area contributed by atoms with E-state index in [-0.39, 0.29) is 56.4 Å². The van der Waals surface area contributed by atoms with Crippen LogP contribution in [0.3, 0.4) is 0 Å². The standard InChI is InChI=1S/C47H79N13O11/c1-8-28(6)39(60-42(67)32(17-12-13-19-48)55-41(66)31(54-29(7)61)18-14-20-52-47(50)51)46(71)59-34(22-27(4)5)44(69)57-35(23-30-15-10-9-11-16-30)45(70)56-33(21-26(2)3)43(68)58-36(24-38(63)64)40(65)53-25-37(49)62/h9-11,15-16,26-28,31-36,39H,8,12-14,17-25,48H2,1-7H3,(H2,49,62)(H,53,65)(H,54,61)(H,55,66)(H,56,70)(H,57,69)(H,58,68)(H,59,71)(H,60,67)(H,63,64)(H4,50,51,52)/t28-,31-,32-,33-,34-,35-,36-,39-/m0/s1. The van der Waals surface area contributed by atoms with Crippen LogP contribution in [0.4, 0.5) is 0 Å². The molecule has 0 heterocycles. The highest BCUT2D eigenvalue weighted by Gasteiger charge is 2.36. The van der Waals surface area contributed by atoms with Gasteiger partial charge in [-0.15, -0.1) is 0 Å². The molecule has 398 valence electrons. The zero-order chi connectivity index (χ0) is 53.8. The third-order valence-electron chi connectivity index (χ3n) is 11.1. The highest BCUT2D eigenvalue weighted by Crippen LogP contribution is 2.15. The van der Waals surface area contributed by atoms with Crippen molar-refractivity contribution in [3.8, 4) is 0 Å². The molecule has 17 N–H and O–H groups in total. The fourth-order valence-electron chi connectivity index (χ4n) is 7.23. The Balaban J connectivity index is 3.54. The number of guanidine groups is 1. The lowest BCUT2D eigenvalue weighted by Gasteiger charge is -2.30. The number of aliphatic carboxylic acids is 1. The minimum atomic E-state index is -1.64. The molecule has 1 aromatic carbocycles. The number of amides is 9. The summed E-state index contributed by atoms with van der Waals surface area (Å²) in [6.07, 6.45) is 1.16. The number of unbranched alkanes of at least 4 members (excludes halogenated alkanes) is 1. The molecule has 0 spiro atoms. The zero-order valence-corrected chi connectivity index (χ0v) is 42.1. The number of rotatable bonds is 34. The molecule has 0 radical (unpaired) electrons. The maximum absolute atomic E-state index is 14.4. The van der Waals surface area contributed by atoms with Crippen molar-refractivity contribution in [1.29, 1.82) is 0 Å². The summed E-state index contributed by atoms with van der Waals surface area (Å²) in [5, 5.41) is 30.3. The molecule has 1 aromatic rings. The van der Waals surface area contributed by atoms with Crippen molar-refractivity contribution in [2.24, 2.45) is 45.7 Å². The van der Waals surface area contributed by atoms with Gasteiger partial charge in [0, 0.05) is 19.9 Å². The number of carbonyl (C=O) groups excluding carboxylic acids is 9. The van der Waals surface area contributed by atoms with Crippen LogP contribution in [0.2, 0.25) is 0 Å². The number of aliphatic imine (C=N–C) groups is 1. The summed E-state index contributed by atoms with van der Waals surface area (Å²) in [6, 6.07) is -0.317. The number of nitrogens with zero attached hydrogens (tertiary/aromatic N) is 1. The fourth-order valence-corrected chi connectivity index (χ4v) is 7.23. The zero-order valence-electron chi connectivity index (χ0n) is 42.1. The molecule has 24 nitrogen and oxygen atoms in total. The van der Waals surface area contributed by atoms with Gasteiger partial charge < -0.3 is 70.6 Å². The van der Waals surface area contributed by atoms with Crippen LogP contribution in [0, 0.1) is 17.8 Å². The summed E-state index contributed by atoms with van der Waals surface area (Å²) < 4.78 is 0. The van der Waals surface area contributed by atoms with Crippen LogP contribution in [0.1, 0.15) is 112 Å². The van der Waals surface area contributed by atoms with Crippen LogP contribution < -0.4 is 65.5 Å². The molecule has 71 heavy (non-hydrogen) atoms. The largest absolute Gasteiger partial charge is 0.481 e. The summed E-state index contributed by atoms with van der Waals surface area (Å²) >= 11 is 0. The molecule has 9 amide bonds. The van der Waals surface area contributed by atoms with Gasteiger partial charge >= 0.3 is 5.97 Å². The van der Waals surface area contributed by atoms with Crippen molar-refractivity contribution in [2.45, 2.75) is 155 Å². The Hall–Kier alpha value is -6.85. The van der Waals surface area contributed by atoms with E-state index in [9.17, 15) is 53.1 Å². The van der Waals surface area contributed by atoms with E-state index >= 15 is 0 Å². The molecule has 1 rings (SSSR count). The lowest BCUT2D eigenvalue weighted by molar-refractivity contribution is -0.141. The lowest BCUT2D eigenvalue weighted by Crippen LogP contribution is -2.61. The molecular weight excluding hydrogens is 923 g/mol. The molecule has 0 bridgehead atoms. The average Bonchev–Trinajstić information content (AvgIpc) is 3.28. The molecule has 24 heteroatoms. The van der Waals surface area contributed by atoms with E-state index in [0.717, 1.165) is 0 Å². The number of benzene rings is 1. The number of primary amides is 1. The van der Waals surface area contributed by atoms with Gasteiger partial charge in [0.05, 0.1) is 13.0 Å². The second-order valence-corrected chi connectivity index (χ2v) is 18.4. The Morgan fingerprint density at radius 2 is 1.07 bits per heavy atom. The normalized spacial score (nSPS) is 14.4. The highest BCUT2D eigenvalue weighted by atomic mass is 16.4. The first-order valence-corrected chi connectivity index (χ1v) is 24.0. The van der Waals surface area contributed by atoms with Crippen molar-refractivity contribution in [1.82, 2.24) is 42.5 Å². The second-order valence-electron chi connectivity index (χ2n) is 18.4. The Kier molecular flexibility index (Phi) is 28.8. The quantitative estimate of drug-likeness (QED) is 0.0203. The number of carboxylic acids is 1. The number of carbonyl (C=O) groups is 10. The monoisotopic (exact) mass is 1000 g/mol. The average molecular weight is 1000 g/mol. The Labute approximate surface area is 415 Å². The summed E-state index contributed by atoms with van der Waals surface area (Å²) in [7, 11) is 0. The van der Waals surface area contributed by atoms with E-state index in [2.05, 4.69) is 47.5 Å². The van der Waals surface area contributed by atoms with Gasteiger partial charge in [-0.2, -0.15) is 0 Å². The fraction of sp³-hybridized carbons (Fsp3) is 0.638. The minimum absolute atomic E-state index is 0.0230. The molecule has 0 aliphatic heterocycles. The van der Waals surface area contributed by atoms with Crippen LogP contribution in [0.5, 0.6) is 0 Å². The van der Waals surface area contributed by atoms with Gasteiger partial charge in [0.15, 0.2) is 5.96 Å². The Morgan fingerprint density at radius 1 is 0.592 bits per heavy atom. The number of nitrogens with one attached hydrogen (secondary N) is 8. The predicted molar refractivity (Wildman–Crippen MR) is 265 cm³/mol. The van der Waals surface area contributed by atoms with E-state index < -0.39 is 120 Å². The third-order valence-corrected chi connectivity index (χ3v) is 11.1. The topological polar surface area (TPSA) is 404 Å². The van der Waals surface area contributed by atoms with Crippen LogP contribution in [-0.2, 0) is 54.4 Å². The van der Waals surface area contributed by atoms with E-state index in [4.69, 9.17) is 22.9 Å². The molecule has 0 aliphatic rings. The predicted octanol–water partition coefficient (Wildman–Crippen LogP) is -1.96. The SMILES string of the molecule is CC[C@H](C)[C@H](NC(=O)[C@H](CCCCN)NC(=O)[C@H](CCCN=C(N)N)NC(C)=O)C(=O)N[C@@H](CC(C)C)C(=O)N[C@@H](Cc1ccccc1)C(=O)N[C@@H](CC(C)C)C(=O)N[C@@H](CC(=O)O)C(=O)NCC(N)=O. The van der Waals surface area contributed by atoms with Crippen LogP contribution >= 0.6 is 0 Å². The lowest BCUT2D eigenvalue weighted by atomic mass is 9.95. The Bertz CT molecular complexity index is 1960. The first kappa shape index (κ1) is 62.2. The van der Waals surface area contributed by atoms with E-state index in [1.165, 1.54) is 6.92 Å². The van der Waals surface area contributed by atoms with Gasteiger partial charge in [-0.05, 0) is 74.8 Å².